The molecular formula is C16H26BrN3O. The first-order valence-electron chi connectivity index (χ1n) is 7.62. The van der Waals surface area contributed by atoms with Crippen molar-refractivity contribution in [3.63, 3.8) is 0 Å². The Hall–Kier alpha value is -0.940. The highest BCUT2D eigenvalue weighted by Gasteiger charge is 2.18. The number of likely N-dealkylation sites (N-methyl/N-ethyl adjacent to an activating group) is 1. The van der Waals surface area contributed by atoms with Crippen LogP contribution in [0.1, 0.15) is 38.2 Å². The van der Waals surface area contributed by atoms with E-state index in [1.807, 2.05) is 17.0 Å². The Bertz CT molecular complexity index is 447. The third kappa shape index (κ3) is 6.14. The maximum atomic E-state index is 12.6. The zero-order valence-electron chi connectivity index (χ0n) is 13.5. The predicted octanol–water partition coefficient (Wildman–Crippen LogP) is 3.28. The molecule has 0 aromatic carbocycles. The second-order valence-electron chi connectivity index (χ2n) is 5.52. The lowest BCUT2D eigenvalue weighted by Gasteiger charge is -2.27. The van der Waals surface area contributed by atoms with E-state index < -0.39 is 0 Å². The topological polar surface area (TPSA) is 36.4 Å². The van der Waals surface area contributed by atoms with E-state index in [1.54, 1.807) is 6.07 Å². The van der Waals surface area contributed by atoms with E-state index in [4.69, 9.17) is 0 Å². The summed E-state index contributed by atoms with van der Waals surface area (Å²) in [6, 6.07) is 5.46. The van der Waals surface area contributed by atoms with Gasteiger partial charge in [-0.15, -0.1) is 0 Å². The minimum absolute atomic E-state index is 0.0113. The van der Waals surface area contributed by atoms with Crippen molar-refractivity contribution in [3.05, 3.63) is 28.5 Å². The Labute approximate surface area is 136 Å². The van der Waals surface area contributed by atoms with Gasteiger partial charge in [-0.3, -0.25) is 4.79 Å². The van der Waals surface area contributed by atoms with Crippen LogP contribution in [0.25, 0.3) is 0 Å². The minimum Gasteiger partial charge on any atom is -0.336 e. The lowest BCUT2D eigenvalue weighted by Crippen LogP contribution is -2.40. The Balaban J connectivity index is 2.78. The van der Waals surface area contributed by atoms with Gasteiger partial charge >= 0.3 is 0 Å². The summed E-state index contributed by atoms with van der Waals surface area (Å²) in [7, 11) is 0. The van der Waals surface area contributed by atoms with Gasteiger partial charge in [0.05, 0.1) is 0 Å². The molecule has 0 fully saturated rings. The average Bonchev–Trinajstić information content (AvgIpc) is 2.46. The molecular weight excluding hydrogens is 330 g/mol. The van der Waals surface area contributed by atoms with Crippen LogP contribution in [0, 0.1) is 5.92 Å². The summed E-state index contributed by atoms with van der Waals surface area (Å²) in [4.78, 5) is 21.2. The normalized spacial score (nSPS) is 11.2. The van der Waals surface area contributed by atoms with Crippen molar-refractivity contribution in [2.75, 3.05) is 32.7 Å². The van der Waals surface area contributed by atoms with Crippen molar-refractivity contribution in [1.82, 2.24) is 14.8 Å². The predicted molar refractivity (Wildman–Crippen MR) is 90.5 cm³/mol. The van der Waals surface area contributed by atoms with Gasteiger partial charge in [-0.05, 0) is 47.1 Å². The number of nitrogens with zero attached hydrogens (tertiary/aromatic N) is 3. The Morgan fingerprint density at radius 1 is 1.24 bits per heavy atom. The number of carbonyl (C=O) groups is 1. The molecule has 5 heteroatoms. The lowest BCUT2D eigenvalue weighted by molar-refractivity contribution is 0.0710. The number of hydrogen-bond acceptors (Lipinski definition) is 3. The van der Waals surface area contributed by atoms with Gasteiger partial charge in [0, 0.05) is 19.6 Å². The highest BCUT2D eigenvalue weighted by atomic mass is 79.9. The molecule has 0 unspecified atom stereocenters. The maximum Gasteiger partial charge on any atom is 0.272 e. The van der Waals surface area contributed by atoms with Crippen LogP contribution in [0.2, 0.25) is 0 Å². The summed E-state index contributed by atoms with van der Waals surface area (Å²) in [5, 5.41) is 0. The average molecular weight is 356 g/mol. The van der Waals surface area contributed by atoms with Gasteiger partial charge in [-0.25, -0.2) is 4.98 Å². The van der Waals surface area contributed by atoms with E-state index in [0.29, 0.717) is 16.2 Å². The number of hydrogen-bond donors (Lipinski definition) is 0. The summed E-state index contributed by atoms with van der Waals surface area (Å²) in [6.07, 6.45) is 0. The quantitative estimate of drug-likeness (QED) is 0.671. The van der Waals surface area contributed by atoms with Crippen molar-refractivity contribution in [1.29, 1.82) is 0 Å². The van der Waals surface area contributed by atoms with Crippen LogP contribution >= 0.6 is 15.9 Å². The molecule has 118 valence electrons. The second kappa shape index (κ2) is 9.15. The van der Waals surface area contributed by atoms with Gasteiger partial charge in [-0.2, -0.15) is 0 Å². The lowest BCUT2D eigenvalue weighted by atomic mass is 10.2. The van der Waals surface area contributed by atoms with Crippen molar-refractivity contribution in [2.45, 2.75) is 27.7 Å². The fourth-order valence-electron chi connectivity index (χ4n) is 2.21. The largest absolute Gasteiger partial charge is 0.336 e. The number of amides is 1. The zero-order valence-corrected chi connectivity index (χ0v) is 15.1. The van der Waals surface area contributed by atoms with Gasteiger partial charge in [0.25, 0.3) is 5.91 Å². The Morgan fingerprint density at radius 3 is 2.43 bits per heavy atom. The van der Waals surface area contributed by atoms with Crippen molar-refractivity contribution >= 4 is 21.8 Å². The molecule has 0 radical (unpaired) electrons. The van der Waals surface area contributed by atoms with Crippen LogP contribution in [-0.2, 0) is 0 Å². The Morgan fingerprint density at radius 2 is 1.90 bits per heavy atom. The summed E-state index contributed by atoms with van der Waals surface area (Å²) in [5.41, 5.74) is 0.504. The summed E-state index contributed by atoms with van der Waals surface area (Å²) in [6.45, 7) is 13.0. The molecule has 0 N–H and O–H groups in total. The minimum atomic E-state index is 0.0113. The number of halogens is 1. The molecule has 21 heavy (non-hydrogen) atoms. The molecule has 0 aliphatic rings. The van der Waals surface area contributed by atoms with Crippen LogP contribution in [0.3, 0.4) is 0 Å². The van der Waals surface area contributed by atoms with Gasteiger partial charge in [0.2, 0.25) is 0 Å². The van der Waals surface area contributed by atoms with Crippen LogP contribution in [0.5, 0.6) is 0 Å². The standard InChI is InChI=1S/C16H26BrN3O/c1-5-19(6-2)10-11-20(12-13(3)4)16(21)14-8-7-9-15(17)18-14/h7-9,13H,5-6,10-12H2,1-4H3. The summed E-state index contributed by atoms with van der Waals surface area (Å²) >= 11 is 3.32. The maximum absolute atomic E-state index is 12.6. The summed E-state index contributed by atoms with van der Waals surface area (Å²) in [5.74, 6) is 0.454. The fraction of sp³-hybridized carbons (Fsp3) is 0.625. The molecule has 0 saturated carbocycles. The van der Waals surface area contributed by atoms with Crippen LogP contribution in [0.4, 0.5) is 0 Å². The molecule has 0 aliphatic heterocycles. The van der Waals surface area contributed by atoms with Crippen molar-refractivity contribution in [2.24, 2.45) is 5.92 Å². The first kappa shape index (κ1) is 18.1. The molecule has 0 bridgehead atoms. The smallest absolute Gasteiger partial charge is 0.272 e. The number of aromatic nitrogens is 1. The van der Waals surface area contributed by atoms with E-state index in [2.05, 4.69) is 53.5 Å². The molecule has 1 aromatic rings. The van der Waals surface area contributed by atoms with E-state index in [0.717, 1.165) is 32.7 Å². The third-order valence-electron chi connectivity index (χ3n) is 3.39. The molecule has 0 spiro atoms. The van der Waals surface area contributed by atoms with Crippen molar-refractivity contribution in [3.8, 4) is 0 Å². The molecule has 1 heterocycles. The van der Waals surface area contributed by atoms with Crippen molar-refractivity contribution < 1.29 is 4.79 Å². The number of carbonyl (C=O) groups excluding carboxylic acids is 1. The number of rotatable bonds is 8. The molecule has 0 atom stereocenters. The van der Waals surface area contributed by atoms with E-state index >= 15 is 0 Å². The van der Waals surface area contributed by atoms with Crippen LogP contribution in [-0.4, -0.2) is 53.4 Å². The van der Waals surface area contributed by atoms with Crippen LogP contribution in [0.15, 0.2) is 22.8 Å². The van der Waals surface area contributed by atoms with Gasteiger partial charge in [0.1, 0.15) is 10.3 Å². The fourth-order valence-corrected chi connectivity index (χ4v) is 2.55. The molecule has 0 saturated heterocycles. The highest BCUT2D eigenvalue weighted by Crippen LogP contribution is 2.10. The first-order valence-corrected chi connectivity index (χ1v) is 8.41. The zero-order chi connectivity index (χ0) is 15.8. The first-order chi connectivity index (χ1) is 9.97. The molecule has 1 amide bonds. The second-order valence-corrected chi connectivity index (χ2v) is 6.33. The Kier molecular flexibility index (Phi) is 7.89. The monoisotopic (exact) mass is 355 g/mol. The highest BCUT2D eigenvalue weighted by molar-refractivity contribution is 9.10. The van der Waals surface area contributed by atoms with E-state index in [9.17, 15) is 4.79 Å². The van der Waals surface area contributed by atoms with Gasteiger partial charge < -0.3 is 9.80 Å². The van der Waals surface area contributed by atoms with E-state index in [1.165, 1.54) is 0 Å². The molecule has 4 nitrogen and oxygen atoms in total. The molecule has 1 aromatic heterocycles. The SMILES string of the molecule is CCN(CC)CCN(CC(C)C)C(=O)c1cccc(Br)n1. The summed E-state index contributed by atoms with van der Waals surface area (Å²) < 4.78 is 0.696. The van der Waals surface area contributed by atoms with Crippen LogP contribution < -0.4 is 0 Å². The van der Waals surface area contributed by atoms with Gasteiger partial charge in [0.15, 0.2) is 0 Å². The third-order valence-corrected chi connectivity index (χ3v) is 3.83. The number of pyridine rings is 1. The van der Waals surface area contributed by atoms with Gasteiger partial charge in [-0.1, -0.05) is 33.8 Å². The van der Waals surface area contributed by atoms with E-state index in [-0.39, 0.29) is 5.91 Å². The molecule has 1 rings (SSSR count). The molecule has 0 aliphatic carbocycles.